The third-order valence-electron chi connectivity index (χ3n) is 5.50. The van der Waals surface area contributed by atoms with Crippen LogP contribution in [0.3, 0.4) is 0 Å². The van der Waals surface area contributed by atoms with Crippen molar-refractivity contribution in [2.24, 2.45) is 0 Å². The molecule has 1 saturated heterocycles. The number of carbonyl (C=O) groups is 1. The van der Waals surface area contributed by atoms with E-state index in [1.54, 1.807) is 18.2 Å². The highest BCUT2D eigenvalue weighted by molar-refractivity contribution is 9.10. The number of methoxy groups -OCH3 is 1. The van der Waals surface area contributed by atoms with Gasteiger partial charge in [-0.3, -0.25) is 9.69 Å². The Morgan fingerprint density at radius 3 is 2.42 bits per heavy atom. The van der Waals surface area contributed by atoms with Crippen LogP contribution in [0.2, 0.25) is 0 Å². The van der Waals surface area contributed by atoms with Crippen molar-refractivity contribution in [3.63, 3.8) is 0 Å². The largest absolute Gasteiger partial charge is 0.495 e. The predicted octanol–water partition coefficient (Wildman–Crippen LogP) is 4.63. The maximum Gasteiger partial charge on any atom is 0.416 e. The summed E-state index contributed by atoms with van der Waals surface area (Å²) < 4.78 is 52.5. The van der Waals surface area contributed by atoms with Gasteiger partial charge in [-0.15, -0.1) is 0 Å². The summed E-state index contributed by atoms with van der Waals surface area (Å²) >= 11 is 3.32. The molecule has 0 bridgehead atoms. The average Bonchev–Trinajstić information content (AvgIpc) is 2.79. The molecular weight excluding hydrogens is 503 g/mol. The Hall–Kier alpha value is -2.30. The molecule has 0 saturated carbocycles. The molecule has 0 aliphatic carbocycles. The lowest BCUT2D eigenvalue weighted by Crippen LogP contribution is -2.45. The van der Waals surface area contributed by atoms with Crippen LogP contribution in [0.4, 0.5) is 18.9 Å². The van der Waals surface area contributed by atoms with Crippen LogP contribution in [0.15, 0.2) is 40.9 Å². The van der Waals surface area contributed by atoms with Crippen LogP contribution in [-0.2, 0) is 17.5 Å². The van der Waals surface area contributed by atoms with E-state index in [2.05, 4.69) is 33.1 Å². The van der Waals surface area contributed by atoms with Gasteiger partial charge in [-0.25, -0.2) is 0 Å². The van der Waals surface area contributed by atoms with E-state index in [0.717, 1.165) is 43.3 Å². The summed E-state index contributed by atoms with van der Waals surface area (Å²) in [6, 6.07) is 8.88. The molecule has 0 atom stereocenters. The van der Waals surface area contributed by atoms with Gasteiger partial charge in [-0.05, 0) is 52.3 Å². The number of benzene rings is 2. The molecule has 2 aromatic carbocycles. The van der Waals surface area contributed by atoms with Crippen molar-refractivity contribution in [3.05, 3.63) is 52.0 Å². The Bertz CT molecular complexity index is 964. The van der Waals surface area contributed by atoms with E-state index in [1.807, 2.05) is 4.90 Å². The fourth-order valence-corrected chi connectivity index (χ4v) is 4.04. The fourth-order valence-electron chi connectivity index (χ4n) is 3.64. The molecule has 33 heavy (non-hydrogen) atoms. The molecule has 0 radical (unpaired) electrons. The van der Waals surface area contributed by atoms with E-state index in [-0.39, 0.29) is 24.4 Å². The van der Waals surface area contributed by atoms with Crippen LogP contribution < -0.4 is 14.8 Å². The zero-order chi connectivity index (χ0) is 24.0. The standard InChI is InChI=1S/C23H27BrF3N3O3/c1-3-29-8-10-30(11-9-29)14-16-4-5-17(12-19(16)23(25,26)27)28-22(31)15-33-18-6-7-20(24)21(13-18)32-2/h4-7,12-13H,3,8-11,14-15H2,1-2H3,(H,28,31). The number of rotatable bonds is 8. The summed E-state index contributed by atoms with van der Waals surface area (Å²) in [6.07, 6.45) is -4.52. The SMILES string of the molecule is CCN1CCN(Cc2ccc(NC(=O)COc3ccc(Br)c(OC)c3)cc2C(F)(F)F)CC1. The summed E-state index contributed by atoms with van der Waals surface area (Å²) in [6.45, 7) is 6.02. The van der Waals surface area contributed by atoms with Crippen molar-refractivity contribution in [3.8, 4) is 11.5 Å². The number of hydrogen-bond donors (Lipinski definition) is 1. The summed E-state index contributed by atoms with van der Waals surface area (Å²) in [5.41, 5.74) is -0.468. The highest BCUT2D eigenvalue weighted by Gasteiger charge is 2.34. The normalized spacial score (nSPS) is 15.3. The number of halogens is 4. The zero-order valence-electron chi connectivity index (χ0n) is 18.5. The monoisotopic (exact) mass is 529 g/mol. The Morgan fingerprint density at radius 1 is 1.09 bits per heavy atom. The smallest absolute Gasteiger partial charge is 0.416 e. The van der Waals surface area contributed by atoms with Crippen LogP contribution in [-0.4, -0.2) is 62.1 Å². The summed E-state index contributed by atoms with van der Waals surface area (Å²) in [4.78, 5) is 16.6. The van der Waals surface area contributed by atoms with Gasteiger partial charge in [-0.1, -0.05) is 13.0 Å². The minimum atomic E-state index is -4.52. The first-order valence-corrected chi connectivity index (χ1v) is 11.4. The summed E-state index contributed by atoms with van der Waals surface area (Å²) in [5, 5.41) is 2.48. The van der Waals surface area contributed by atoms with E-state index in [0.29, 0.717) is 11.5 Å². The van der Waals surface area contributed by atoms with Crippen LogP contribution >= 0.6 is 15.9 Å². The fraction of sp³-hybridized carbons (Fsp3) is 0.435. The molecule has 0 aromatic heterocycles. The number of nitrogens with one attached hydrogen (secondary N) is 1. The number of anilines is 1. The van der Waals surface area contributed by atoms with Crippen LogP contribution in [0.25, 0.3) is 0 Å². The van der Waals surface area contributed by atoms with Gasteiger partial charge in [0.1, 0.15) is 11.5 Å². The van der Waals surface area contributed by atoms with Crippen molar-refractivity contribution in [2.75, 3.05) is 51.8 Å². The molecular formula is C23H27BrF3N3O3. The van der Waals surface area contributed by atoms with Crippen molar-refractivity contribution in [1.82, 2.24) is 9.80 Å². The molecule has 2 aromatic rings. The molecule has 1 amide bonds. The van der Waals surface area contributed by atoms with Gasteiger partial charge in [0.25, 0.3) is 5.91 Å². The highest BCUT2D eigenvalue weighted by Crippen LogP contribution is 2.35. The predicted molar refractivity (Wildman–Crippen MR) is 124 cm³/mol. The second-order valence-electron chi connectivity index (χ2n) is 7.71. The second-order valence-corrected chi connectivity index (χ2v) is 8.57. The van der Waals surface area contributed by atoms with Gasteiger partial charge in [0.2, 0.25) is 0 Å². The van der Waals surface area contributed by atoms with Crippen molar-refractivity contribution in [2.45, 2.75) is 19.6 Å². The van der Waals surface area contributed by atoms with Gasteiger partial charge < -0.3 is 19.7 Å². The quantitative estimate of drug-likeness (QED) is 0.540. The maximum absolute atomic E-state index is 13.7. The second kappa shape index (κ2) is 11.2. The van der Waals surface area contributed by atoms with Crippen LogP contribution in [0.5, 0.6) is 11.5 Å². The molecule has 3 rings (SSSR count). The third kappa shape index (κ3) is 7.09. The Kier molecular flexibility index (Phi) is 8.61. The van der Waals surface area contributed by atoms with Gasteiger partial charge in [-0.2, -0.15) is 13.2 Å². The lowest BCUT2D eigenvalue weighted by Gasteiger charge is -2.34. The van der Waals surface area contributed by atoms with Gasteiger partial charge in [0.05, 0.1) is 17.1 Å². The number of piperazine rings is 1. The van der Waals surface area contributed by atoms with Gasteiger partial charge in [0, 0.05) is 44.5 Å². The van der Waals surface area contributed by atoms with E-state index < -0.39 is 17.6 Å². The molecule has 10 heteroatoms. The Labute approximate surface area is 199 Å². The van der Waals surface area contributed by atoms with E-state index >= 15 is 0 Å². The van der Waals surface area contributed by atoms with Gasteiger partial charge in [0.15, 0.2) is 6.61 Å². The molecule has 1 aliphatic rings. The van der Waals surface area contributed by atoms with E-state index in [9.17, 15) is 18.0 Å². The number of nitrogens with zero attached hydrogens (tertiary/aromatic N) is 2. The Balaban J connectivity index is 1.64. The number of carbonyl (C=O) groups excluding carboxylic acids is 1. The Morgan fingerprint density at radius 2 is 1.79 bits per heavy atom. The maximum atomic E-state index is 13.7. The van der Waals surface area contributed by atoms with E-state index in [4.69, 9.17) is 9.47 Å². The molecule has 6 nitrogen and oxygen atoms in total. The number of ether oxygens (including phenoxy) is 2. The number of alkyl halides is 3. The van der Waals surface area contributed by atoms with E-state index in [1.165, 1.54) is 19.2 Å². The first kappa shape index (κ1) is 25.3. The lowest BCUT2D eigenvalue weighted by molar-refractivity contribution is -0.138. The molecule has 1 aliphatic heterocycles. The average molecular weight is 530 g/mol. The molecule has 1 fully saturated rings. The molecule has 1 N–H and O–H groups in total. The highest BCUT2D eigenvalue weighted by atomic mass is 79.9. The zero-order valence-corrected chi connectivity index (χ0v) is 20.1. The summed E-state index contributed by atoms with van der Waals surface area (Å²) in [7, 11) is 1.50. The first-order valence-electron chi connectivity index (χ1n) is 10.6. The lowest BCUT2D eigenvalue weighted by atomic mass is 10.0. The minimum absolute atomic E-state index is 0.0730. The van der Waals surface area contributed by atoms with Crippen molar-refractivity contribution in [1.29, 1.82) is 0 Å². The van der Waals surface area contributed by atoms with Crippen LogP contribution in [0, 0.1) is 0 Å². The summed E-state index contributed by atoms with van der Waals surface area (Å²) in [5.74, 6) is 0.377. The molecule has 0 unspecified atom stereocenters. The van der Waals surface area contributed by atoms with Crippen molar-refractivity contribution < 1.29 is 27.4 Å². The number of hydrogen-bond acceptors (Lipinski definition) is 5. The molecule has 180 valence electrons. The number of amides is 1. The van der Waals surface area contributed by atoms with Crippen molar-refractivity contribution >= 4 is 27.5 Å². The van der Waals surface area contributed by atoms with Gasteiger partial charge >= 0.3 is 6.18 Å². The molecule has 1 heterocycles. The minimum Gasteiger partial charge on any atom is -0.495 e. The number of likely N-dealkylation sites (N-methyl/N-ethyl adjacent to an activating group) is 1. The third-order valence-corrected chi connectivity index (χ3v) is 6.15. The first-order chi connectivity index (χ1) is 15.7. The molecule has 0 spiro atoms. The topological polar surface area (TPSA) is 54.0 Å². The van der Waals surface area contributed by atoms with Crippen LogP contribution in [0.1, 0.15) is 18.1 Å².